The molecule has 2 atom stereocenters. The van der Waals surface area contributed by atoms with Gasteiger partial charge in [0.05, 0.1) is 6.61 Å². The van der Waals surface area contributed by atoms with Gasteiger partial charge in [-0.15, -0.1) is 0 Å². The van der Waals surface area contributed by atoms with Crippen LogP contribution in [0.15, 0.2) is 0 Å². The zero-order valence-electron chi connectivity index (χ0n) is 9.53. The molecule has 1 fully saturated rings. The minimum absolute atomic E-state index is 0.0121. The average molecular weight is 215 g/mol. The monoisotopic (exact) mass is 215 g/mol. The van der Waals surface area contributed by atoms with Gasteiger partial charge in [0.2, 0.25) is 0 Å². The molecule has 1 heterocycles. The van der Waals surface area contributed by atoms with Crippen molar-refractivity contribution in [3.8, 4) is 0 Å². The van der Waals surface area contributed by atoms with Gasteiger partial charge in [0.25, 0.3) is 5.91 Å². The van der Waals surface area contributed by atoms with Gasteiger partial charge in [-0.3, -0.25) is 9.69 Å². The van der Waals surface area contributed by atoms with E-state index in [0.29, 0.717) is 19.7 Å². The molecule has 3 N–H and O–H groups in total. The highest BCUT2D eigenvalue weighted by molar-refractivity contribution is 5.81. The van der Waals surface area contributed by atoms with Crippen LogP contribution in [-0.2, 0) is 9.53 Å². The number of ether oxygens (including phenoxy) is 1. The summed E-state index contributed by atoms with van der Waals surface area (Å²) in [5.41, 5.74) is 5.44. The lowest BCUT2D eigenvalue weighted by Crippen LogP contribution is -2.52. The number of nitrogens with two attached hydrogens (primary N) is 1. The first kappa shape index (κ1) is 12.4. The predicted molar refractivity (Wildman–Crippen MR) is 58.5 cm³/mol. The maximum absolute atomic E-state index is 11.7. The van der Waals surface area contributed by atoms with Gasteiger partial charge in [-0.05, 0) is 13.5 Å². The molecule has 0 spiro atoms. The fourth-order valence-corrected chi connectivity index (χ4v) is 1.54. The van der Waals surface area contributed by atoms with Gasteiger partial charge in [0.1, 0.15) is 6.10 Å². The van der Waals surface area contributed by atoms with E-state index in [1.165, 1.54) is 0 Å². The number of nitrogens with zero attached hydrogens (tertiary/aromatic N) is 1. The standard InChI is InChI=1S/C10H21N3O2/c1-3-13-4-5-15-9(7-13)10(14)12-8(2)6-11/h8-9H,3-7,11H2,1-2H3,(H,12,14)/t8-,9?/m0/s1. The van der Waals surface area contributed by atoms with Crippen LogP contribution in [-0.4, -0.2) is 55.7 Å². The van der Waals surface area contributed by atoms with Crippen molar-refractivity contribution in [1.29, 1.82) is 0 Å². The van der Waals surface area contributed by atoms with Crippen molar-refractivity contribution in [2.45, 2.75) is 26.0 Å². The molecule has 1 amide bonds. The predicted octanol–water partition coefficient (Wildman–Crippen LogP) is -0.829. The molecule has 0 aromatic rings. The second-order valence-electron chi connectivity index (χ2n) is 3.90. The molecule has 5 nitrogen and oxygen atoms in total. The Bertz CT molecular complexity index is 211. The minimum Gasteiger partial charge on any atom is -0.366 e. The number of carbonyl (C=O) groups is 1. The topological polar surface area (TPSA) is 67.6 Å². The quantitative estimate of drug-likeness (QED) is 0.642. The number of nitrogens with one attached hydrogen (secondary N) is 1. The number of likely N-dealkylation sites (N-methyl/N-ethyl adjacent to an activating group) is 1. The van der Waals surface area contributed by atoms with Crippen LogP contribution in [0.25, 0.3) is 0 Å². The molecule has 1 aliphatic rings. The van der Waals surface area contributed by atoms with Gasteiger partial charge in [-0.2, -0.15) is 0 Å². The molecular formula is C10H21N3O2. The van der Waals surface area contributed by atoms with Crippen LogP contribution in [0.3, 0.4) is 0 Å². The van der Waals surface area contributed by atoms with E-state index in [0.717, 1.165) is 13.1 Å². The largest absolute Gasteiger partial charge is 0.366 e. The zero-order valence-corrected chi connectivity index (χ0v) is 9.53. The molecule has 15 heavy (non-hydrogen) atoms. The van der Waals surface area contributed by atoms with Gasteiger partial charge < -0.3 is 15.8 Å². The van der Waals surface area contributed by atoms with E-state index in [2.05, 4.69) is 17.1 Å². The van der Waals surface area contributed by atoms with Crippen molar-refractivity contribution in [3.63, 3.8) is 0 Å². The highest BCUT2D eigenvalue weighted by Crippen LogP contribution is 2.04. The first-order chi connectivity index (χ1) is 7.17. The molecule has 0 saturated carbocycles. The molecule has 0 aromatic heterocycles. The lowest BCUT2D eigenvalue weighted by molar-refractivity contribution is -0.138. The Labute approximate surface area is 90.9 Å². The van der Waals surface area contributed by atoms with Crippen molar-refractivity contribution in [3.05, 3.63) is 0 Å². The third-order valence-corrected chi connectivity index (χ3v) is 2.63. The van der Waals surface area contributed by atoms with Gasteiger partial charge in [-0.1, -0.05) is 6.92 Å². The summed E-state index contributed by atoms with van der Waals surface area (Å²) in [5.74, 6) is -0.0499. The Morgan fingerprint density at radius 1 is 1.73 bits per heavy atom. The molecule has 5 heteroatoms. The summed E-state index contributed by atoms with van der Waals surface area (Å²) < 4.78 is 5.42. The molecule has 1 saturated heterocycles. The Kier molecular flexibility index (Phi) is 5.01. The summed E-state index contributed by atoms with van der Waals surface area (Å²) in [4.78, 5) is 13.9. The maximum atomic E-state index is 11.7. The van der Waals surface area contributed by atoms with Crippen LogP contribution in [0, 0.1) is 0 Å². The van der Waals surface area contributed by atoms with E-state index < -0.39 is 0 Å². The summed E-state index contributed by atoms with van der Waals surface area (Å²) in [6, 6.07) is 0.0121. The van der Waals surface area contributed by atoms with E-state index in [9.17, 15) is 4.79 Å². The Balaban J connectivity index is 2.38. The summed E-state index contributed by atoms with van der Waals surface area (Å²) in [6.07, 6.45) is -0.340. The third-order valence-electron chi connectivity index (χ3n) is 2.63. The van der Waals surface area contributed by atoms with Gasteiger partial charge >= 0.3 is 0 Å². The van der Waals surface area contributed by atoms with E-state index in [-0.39, 0.29) is 18.1 Å². The Hall–Kier alpha value is -0.650. The lowest BCUT2D eigenvalue weighted by atomic mass is 10.2. The average Bonchev–Trinajstić information content (AvgIpc) is 2.28. The molecule has 0 bridgehead atoms. The number of amides is 1. The zero-order chi connectivity index (χ0) is 11.3. The highest BCUT2D eigenvalue weighted by atomic mass is 16.5. The van der Waals surface area contributed by atoms with E-state index in [1.54, 1.807) is 0 Å². The highest BCUT2D eigenvalue weighted by Gasteiger charge is 2.26. The molecule has 1 rings (SSSR count). The summed E-state index contributed by atoms with van der Waals surface area (Å²) in [7, 11) is 0. The third kappa shape index (κ3) is 3.77. The summed E-state index contributed by atoms with van der Waals surface area (Å²) in [5, 5.41) is 2.83. The van der Waals surface area contributed by atoms with Crippen molar-refractivity contribution in [2.24, 2.45) is 5.73 Å². The Morgan fingerprint density at radius 2 is 2.47 bits per heavy atom. The van der Waals surface area contributed by atoms with Crippen LogP contribution >= 0.6 is 0 Å². The van der Waals surface area contributed by atoms with E-state index in [4.69, 9.17) is 10.5 Å². The van der Waals surface area contributed by atoms with Gasteiger partial charge in [0.15, 0.2) is 0 Å². The van der Waals surface area contributed by atoms with E-state index in [1.807, 2.05) is 6.92 Å². The number of carbonyl (C=O) groups excluding carboxylic acids is 1. The van der Waals surface area contributed by atoms with Crippen LogP contribution in [0.5, 0.6) is 0 Å². The van der Waals surface area contributed by atoms with Crippen molar-refractivity contribution in [1.82, 2.24) is 10.2 Å². The van der Waals surface area contributed by atoms with Crippen LogP contribution in [0.2, 0.25) is 0 Å². The lowest BCUT2D eigenvalue weighted by Gasteiger charge is -2.31. The van der Waals surface area contributed by atoms with Crippen LogP contribution < -0.4 is 11.1 Å². The minimum atomic E-state index is -0.340. The van der Waals surface area contributed by atoms with E-state index >= 15 is 0 Å². The van der Waals surface area contributed by atoms with Gasteiger partial charge in [0, 0.05) is 25.7 Å². The smallest absolute Gasteiger partial charge is 0.250 e. The fraction of sp³-hybridized carbons (Fsp3) is 0.900. The molecule has 0 aliphatic carbocycles. The van der Waals surface area contributed by atoms with Crippen molar-refractivity contribution >= 4 is 5.91 Å². The SMILES string of the molecule is CCN1CCOC(C(=O)N[C@@H](C)CN)C1. The molecule has 0 aromatic carbocycles. The summed E-state index contributed by atoms with van der Waals surface area (Å²) in [6.45, 7) is 7.60. The van der Waals surface area contributed by atoms with Crippen molar-refractivity contribution in [2.75, 3.05) is 32.8 Å². The second kappa shape index (κ2) is 6.05. The first-order valence-electron chi connectivity index (χ1n) is 5.51. The Morgan fingerprint density at radius 3 is 3.07 bits per heavy atom. The van der Waals surface area contributed by atoms with Crippen molar-refractivity contribution < 1.29 is 9.53 Å². The molecule has 88 valence electrons. The number of rotatable bonds is 4. The van der Waals surface area contributed by atoms with Crippen LogP contribution in [0.4, 0.5) is 0 Å². The fourth-order valence-electron chi connectivity index (χ4n) is 1.54. The first-order valence-corrected chi connectivity index (χ1v) is 5.51. The molecule has 1 aliphatic heterocycles. The summed E-state index contributed by atoms with van der Waals surface area (Å²) >= 11 is 0. The molecule has 1 unspecified atom stereocenters. The normalized spacial score (nSPS) is 24.9. The molecular weight excluding hydrogens is 194 g/mol. The maximum Gasteiger partial charge on any atom is 0.250 e. The van der Waals surface area contributed by atoms with Gasteiger partial charge in [-0.25, -0.2) is 0 Å². The number of morpholine rings is 1. The number of hydrogen-bond donors (Lipinski definition) is 2. The second-order valence-corrected chi connectivity index (χ2v) is 3.90. The number of hydrogen-bond acceptors (Lipinski definition) is 4. The molecule has 0 radical (unpaired) electrons. The van der Waals surface area contributed by atoms with Crippen LogP contribution in [0.1, 0.15) is 13.8 Å².